The third-order valence-corrected chi connectivity index (χ3v) is 2.76. The van der Waals surface area contributed by atoms with Gasteiger partial charge >= 0.3 is 0 Å². The Morgan fingerprint density at radius 1 is 1.06 bits per heavy atom. The SMILES string of the molecule is O=C(c1cccc2ccccc12)n1ccnc1. The van der Waals surface area contributed by atoms with Crippen LogP contribution in [0.1, 0.15) is 10.4 Å². The molecular weight excluding hydrogens is 212 g/mol. The van der Waals surface area contributed by atoms with Crippen LogP contribution in [0.3, 0.4) is 0 Å². The molecule has 82 valence electrons. The quantitative estimate of drug-likeness (QED) is 0.634. The molecule has 0 saturated heterocycles. The summed E-state index contributed by atoms with van der Waals surface area (Å²) in [6.07, 6.45) is 4.78. The van der Waals surface area contributed by atoms with E-state index in [0.29, 0.717) is 5.56 Å². The van der Waals surface area contributed by atoms with Crippen LogP contribution in [0.25, 0.3) is 10.8 Å². The molecule has 0 bridgehead atoms. The fourth-order valence-corrected chi connectivity index (χ4v) is 1.93. The zero-order valence-corrected chi connectivity index (χ0v) is 9.08. The van der Waals surface area contributed by atoms with E-state index in [1.54, 1.807) is 12.4 Å². The van der Waals surface area contributed by atoms with Gasteiger partial charge in [0.15, 0.2) is 0 Å². The molecule has 0 radical (unpaired) electrons. The number of aromatic nitrogens is 2. The first kappa shape index (κ1) is 9.78. The van der Waals surface area contributed by atoms with Gasteiger partial charge in [-0.1, -0.05) is 36.4 Å². The second-order valence-corrected chi connectivity index (χ2v) is 3.80. The highest BCUT2D eigenvalue weighted by atomic mass is 16.2. The third kappa shape index (κ3) is 1.61. The summed E-state index contributed by atoms with van der Waals surface area (Å²) in [6.45, 7) is 0. The summed E-state index contributed by atoms with van der Waals surface area (Å²) in [5.74, 6) is -0.0562. The molecule has 0 aliphatic carbocycles. The average molecular weight is 222 g/mol. The van der Waals surface area contributed by atoms with Crippen LogP contribution in [0.5, 0.6) is 0 Å². The Hall–Kier alpha value is -2.42. The molecular formula is C14H10N2O. The summed E-state index contributed by atoms with van der Waals surface area (Å²) in [5.41, 5.74) is 0.695. The van der Waals surface area contributed by atoms with E-state index < -0.39 is 0 Å². The van der Waals surface area contributed by atoms with Crippen LogP contribution < -0.4 is 0 Å². The Morgan fingerprint density at radius 2 is 1.88 bits per heavy atom. The predicted molar refractivity (Wildman–Crippen MR) is 65.9 cm³/mol. The van der Waals surface area contributed by atoms with E-state index in [1.165, 1.54) is 10.9 Å². The lowest BCUT2D eigenvalue weighted by atomic mass is 10.0. The van der Waals surface area contributed by atoms with Crippen molar-refractivity contribution in [1.29, 1.82) is 0 Å². The maximum absolute atomic E-state index is 12.2. The first-order valence-electron chi connectivity index (χ1n) is 5.37. The highest BCUT2D eigenvalue weighted by Crippen LogP contribution is 2.19. The van der Waals surface area contributed by atoms with Crippen molar-refractivity contribution < 1.29 is 4.79 Å². The molecule has 0 spiro atoms. The number of benzene rings is 2. The Labute approximate surface area is 98.3 Å². The Bertz CT molecular complexity index is 666. The standard InChI is InChI=1S/C14H10N2O/c17-14(16-9-8-15-10-16)13-7-3-5-11-4-1-2-6-12(11)13/h1-10H. The first-order chi connectivity index (χ1) is 8.36. The van der Waals surface area contributed by atoms with Crippen LogP contribution in [0, 0.1) is 0 Å². The lowest BCUT2D eigenvalue weighted by Crippen LogP contribution is -2.10. The fourth-order valence-electron chi connectivity index (χ4n) is 1.93. The molecule has 0 N–H and O–H groups in total. The lowest BCUT2D eigenvalue weighted by Gasteiger charge is -2.05. The second-order valence-electron chi connectivity index (χ2n) is 3.80. The van der Waals surface area contributed by atoms with Gasteiger partial charge in [0.05, 0.1) is 0 Å². The van der Waals surface area contributed by atoms with Gasteiger partial charge in [-0.2, -0.15) is 0 Å². The summed E-state index contributed by atoms with van der Waals surface area (Å²) in [6, 6.07) is 13.6. The normalized spacial score (nSPS) is 10.6. The van der Waals surface area contributed by atoms with Gasteiger partial charge in [-0.3, -0.25) is 9.36 Å². The second kappa shape index (κ2) is 3.87. The Morgan fingerprint density at radius 3 is 2.71 bits per heavy atom. The van der Waals surface area contributed by atoms with Gasteiger partial charge in [0, 0.05) is 18.0 Å². The molecule has 0 aliphatic heterocycles. The molecule has 3 nitrogen and oxygen atoms in total. The number of hydrogen-bond donors (Lipinski definition) is 0. The maximum atomic E-state index is 12.2. The highest BCUT2D eigenvalue weighted by molar-refractivity contribution is 6.07. The van der Waals surface area contributed by atoms with Crippen molar-refractivity contribution in [2.24, 2.45) is 0 Å². The van der Waals surface area contributed by atoms with Crippen molar-refractivity contribution in [1.82, 2.24) is 9.55 Å². The monoisotopic (exact) mass is 222 g/mol. The largest absolute Gasteiger partial charge is 0.272 e. The number of carbonyl (C=O) groups excluding carboxylic acids is 1. The van der Waals surface area contributed by atoms with Crippen molar-refractivity contribution in [3.8, 4) is 0 Å². The molecule has 17 heavy (non-hydrogen) atoms. The minimum atomic E-state index is -0.0562. The molecule has 3 rings (SSSR count). The Balaban J connectivity index is 2.21. The van der Waals surface area contributed by atoms with E-state index in [2.05, 4.69) is 4.98 Å². The molecule has 0 saturated carbocycles. The number of hydrogen-bond acceptors (Lipinski definition) is 2. The zero-order valence-electron chi connectivity index (χ0n) is 9.08. The zero-order chi connectivity index (χ0) is 11.7. The van der Waals surface area contributed by atoms with Gasteiger partial charge in [-0.25, -0.2) is 4.98 Å². The average Bonchev–Trinajstić information content (AvgIpc) is 2.91. The van der Waals surface area contributed by atoms with Crippen LogP contribution in [-0.4, -0.2) is 15.5 Å². The van der Waals surface area contributed by atoms with Gasteiger partial charge < -0.3 is 0 Å². The number of nitrogens with zero attached hydrogens (tertiary/aromatic N) is 2. The van der Waals surface area contributed by atoms with E-state index in [9.17, 15) is 4.79 Å². The number of carbonyl (C=O) groups is 1. The van der Waals surface area contributed by atoms with Gasteiger partial charge in [0.25, 0.3) is 5.91 Å². The molecule has 3 heteroatoms. The van der Waals surface area contributed by atoms with Crippen LogP contribution in [0.4, 0.5) is 0 Å². The van der Waals surface area contributed by atoms with Crippen LogP contribution in [-0.2, 0) is 0 Å². The van der Waals surface area contributed by atoms with Gasteiger partial charge in [0.2, 0.25) is 0 Å². The third-order valence-electron chi connectivity index (χ3n) is 2.76. The molecule has 0 aliphatic rings. The smallest absolute Gasteiger partial charge is 0.263 e. The number of rotatable bonds is 1. The summed E-state index contributed by atoms with van der Waals surface area (Å²) in [5, 5.41) is 2.03. The molecule has 1 aromatic heterocycles. The van der Waals surface area contributed by atoms with Crippen molar-refractivity contribution >= 4 is 16.7 Å². The Kier molecular flexibility index (Phi) is 2.22. The van der Waals surface area contributed by atoms with E-state index in [4.69, 9.17) is 0 Å². The van der Waals surface area contributed by atoms with Gasteiger partial charge in [0.1, 0.15) is 6.33 Å². The van der Waals surface area contributed by atoms with E-state index in [1.807, 2.05) is 42.5 Å². The molecule has 3 aromatic rings. The lowest BCUT2D eigenvalue weighted by molar-refractivity contribution is 0.0961. The summed E-state index contributed by atoms with van der Waals surface area (Å²) < 4.78 is 1.49. The van der Waals surface area contributed by atoms with Crippen molar-refractivity contribution in [3.05, 3.63) is 66.7 Å². The topological polar surface area (TPSA) is 34.9 Å². The number of fused-ring (bicyclic) bond motifs is 1. The van der Waals surface area contributed by atoms with Crippen molar-refractivity contribution in [2.75, 3.05) is 0 Å². The number of imidazole rings is 1. The summed E-state index contributed by atoms with van der Waals surface area (Å²) >= 11 is 0. The molecule has 2 aromatic carbocycles. The summed E-state index contributed by atoms with van der Waals surface area (Å²) in [4.78, 5) is 16.1. The van der Waals surface area contributed by atoms with Crippen LogP contribution in [0.2, 0.25) is 0 Å². The van der Waals surface area contributed by atoms with Gasteiger partial charge in [-0.15, -0.1) is 0 Å². The maximum Gasteiger partial charge on any atom is 0.263 e. The summed E-state index contributed by atoms with van der Waals surface area (Å²) in [7, 11) is 0. The predicted octanol–water partition coefficient (Wildman–Crippen LogP) is 2.72. The molecule has 0 fully saturated rings. The van der Waals surface area contributed by atoms with Crippen molar-refractivity contribution in [3.63, 3.8) is 0 Å². The molecule has 0 unspecified atom stereocenters. The fraction of sp³-hybridized carbons (Fsp3) is 0. The van der Waals surface area contributed by atoms with Crippen molar-refractivity contribution in [2.45, 2.75) is 0 Å². The van der Waals surface area contributed by atoms with E-state index in [-0.39, 0.29) is 5.91 Å². The van der Waals surface area contributed by atoms with Gasteiger partial charge in [-0.05, 0) is 16.8 Å². The first-order valence-corrected chi connectivity index (χ1v) is 5.37. The highest BCUT2D eigenvalue weighted by Gasteiger charge is 2.10. The molecule has 0 amide bonds. The van der Waals surface area contributed by atoms with Crippen LogP contribution in [0.15, 0.2) is 61.2 Å². The minimum absolute atomic E-state index is 0.0562. The molecule has 1 heterocycles. The van der Waals surface area contributed by atoms with E-state index in [0.717, 1.165) is 10.8 Å². The minimum Gasteiger partial charge on any atom is -0.272 e. The molecule has 0 atom stereocenters. The van der Waals surface area contributed by atoms with Crippen LogP contribution >= 0.6 is 0 Å². The van der Waals surface area contributed by atoms with E-state index >= 15 is 0 Å².